The highest BCUT2D eigenvalue weighted by molar-refractivity contribution is 7.16. The van der Waals surface area contributed by atoms with Crippen molar-refractivity contribution in [2.24, 2.45) is 5.73 Å². The second-order valence-corrected chi connectivity index (χ2v) is 8.41. The molecular weight excluding hydrogens is 366 g/mol. The molecule has 0 aliphatic heterocycles. The maximum absolute atomic E-state index is 9.49. The van der Waals surface area contributed by atoms with Gasteiger partial charge in [0, 0.05) is 17.8 Å². The Bertz CT molecular complexity index is 1040. The molecule has 5 heteroatoms. The summed E-state index contributed by atoms with van der Waals surface area (Å²) in [5.74, 6) is 0.617. The smallest absolute Gasteiger partial charge is 0.137 e. The van der Waals surface area contributed by atoms with Crippen molar-refractivity contribution in [2.75, 3.05) is 0 Å². The number of fused-ring (bicyclic) bond motifs is 1. The summed E-state index contributed by atoms with van der Waals surface area (Å²) in [5.41, 5.74) is 11.7. The van der Waals surface area contributed by atoms with Crippen LogP contribution in [-0.2, 0) is 0 Å². The molecule has 28 heavy (non-hydrogen) atoms. The van der Waals surface area contributed by atoms with E-state index >= 15 is 0 Å². The first kappa shape index (κ1) is 18.7. The summed E-state index contributed by atoms with van der Waals surface area (Å²) in [6, 6.07) is 8.07. The monoisotopic (exact) mass is 389 g/mol. The van der Waals surface area contributed by atoms with Gasteiger partial charge in [-0.15, -0.1) is 11.3 Å². The molecule has 1 heterocycles. The molecule has 1 aromatic carbocycles. The summed E-state index contributed by atoms with van der Waals surface area (Å²) in [4.78, 5) is 5.83. The minimum absolute atomic E-state index is 0.0289. The Hall–Kier alpha value is -2.68. The largest absolute Gasteiger partial charge is 0.490 e. The summed E-state index contributed by atoms with van der Waals surface area (Å²) in [5, 5.41) is 10.4. The number of hydrogen-bond acceptors (Lipinski definition) is 5. The Kier molecular flexibility index (Phi) is 5.17. The second-order valence-electron chi connectivity index (χ2n) is 7.38. The van der Waals surface area contributed by atoms with Crippen molar-refractivity contribution < 1.29 is 4.74 Å². The highest BCUT2D eigenvalue weighted by atomic mass is 32.1. The fourth-order valence-corrected chi connectivity index (χ4v) is 4.75. The summed E-state index contributed by atoms with van der Waals surface area (Å²) < 4.78 is 5.73. The normalized spacial score (nSPS) is 18.7. The van der Waals surface area contributed by atoms with Crippen molar-refractivity contribution in [3.8, 4) is 22.4 Å². The summed E-state index contributed by atoms with van der Waals surface area (Å²) in [6.07, 6.45) is 11.4. The minimum Gasteiger partial charge on any atom is -0.490 e. The van der Waals surface area contributed by atoms with Gasteiger partial charge in [0.15, 0.2) is 0 Å². The Balaban J connectivity index is 1.69. The van der Waals surface area contributed by atoms with E-state index in [9.17, 15) is 5.26 Å². The Labute approximate surface area is 169 Å². The van der Waals surface area contributed by atoms with Crippen molar-refractivity contribution in [1.82, 2.24) is 4.98 Å². The maximum atomic E-state index is 9.49. The van der Waals surface area contributed by atoms with E-state index in [-0.39, 0.29) is 12.1 Å². The lowest BCUT2D eigenvalue weighted by molar-refractivity contribution is 0.242. The molecule has 142 valence electrons. The van der Waals surface area contributed by atoms with Crippen molar-refractivity contribution in [2.45, 2.75) is 45.3 Å². The molecule has 1 saturated carbocycles. The molecule has 4 nitrogen and oxygen atoms in total. The van der Waals surface area contributed by atoms with E-state index in [0.717, 1.165) is 29.8 Å². The van der Waals surface area contributed by atoms with Gasteiger partial charge in [-0.2, -0.15) is 5.26 Å². The average molecular weight is 390 g/mol. The zero-order valence-corrected chi connectivity index (χ0v) is 16.9. The van der Waals surface area contributed by atoms with Crippen molar-refractivity contribution in [3.63, 3.8) is 0 Å². The van der Waals surface area contributed by atoms with Crippen LogP contribution in [0.2, 0.25) is 0 Å². The molecule has 0 radical (unpaired) electrons. The third kappa shape index (κ3) is 3.54. The lowest BCUT2D eigenvalue weighted by atomic mass is 10.00. The summed E-state index contributed by atoms with van der Waals surface area (Å²) >= 11 is 1.67. The molecule has 1 unspecified atom stereocenters. The van der Waals surface area contributed by atoms with E-state index in [1.807, 2.05) is 38.2 Å². The van der Waals surface area contributed by atoms with Gasteiger partial charge in [0.25, 0.3) is 0 Å². The predicted molar refractivity (Wildman–Crippen MR) is 114 cm³/mol. The summed E-state index contributed by atoms with van der Waals surface area (Å²) in [6.45, 7) is 3.91. The molecular formula is C23H23N3OS. The lowest BCUT2D eigenvalue weighted by Gasteiger charge is -2.11. The number of aromatic nitrogens is 1. The molecule has 2 aliphatic carbocycles. The van der Waals surface area contributed by atoms with Gasteiger partial charge in [-0.3, -0.25) is 0 Å². The van der Waals surface area contributed by atoms with E-state index in [4.69, 9.17) is 10.5 Å². The first-order valence-electron chi connectivity index (χ1n) is 9.59. The number of nitrogens with zero attached hydrogens (tertiary/aromatic N) is 2. The van der Waals surface area contributed by atoms with E-state index in [1.165, 1.54) is 21.6 Å². The van der Waals surface area contributed by atoms with Crippen LogP contribution in [-0.4, -0.2) is 17.1 Å². The quantitative estimate of drug-likeness (QED) is 0.777. The Morgan fingerprint density at radius 1 is 1.32 bits per heavy atom. The van der Waals surface area contributed by atoms with E-state index in [2.05, 4.69) is 29.3 Å². The van der Waals surface area contributed by atoms with Gasteiger partial charge in [-0.05, 0) is 68.0 Å². The number of rotatable bonds is 4. The number of hydrogen-bond donors (Lipinski definition) is 1. The number of allylic oxidation sites excluding steroid dienone is 4. The molecule has 2 N–H and O–H groups in total. The van der Waals surface area contributed by atoms with Crippen LogP contribution in [0, 0.1) is 11.3 Å². The van der Waals surface area contributed by atoms with Crippen LogP contribution in [0.15, 0.2) is 53.8 Å². The van der Waals surface area contributed by atoms with Crippen LogP contribution in [0.5, 0.6) is 5.75 Å². The number of thiazole rings is 1. The van der Waals surface area contributed by atoms with Gasteiger partial charge in [0.2, 0.25) is 0 Å². The first-order valence-corrected chi connectivity index (χ1v) is 10.4. The maximum Gasteiger partial charge on any atom is 0.137 e. The Morgan fingerprint density at radius 2 is 2.18 bits per heavy atom. The van der Waals surface area contributed by atoms with Crippen LogP contribution in [0.3, 0.4) is 0 Å². The zero-order chi connectivity index (χ0) is 19.7. The molecule has 0 saturated heterocycles. The number of nitrogens with two attached hydrogens (primary N) is 1. The molecule has 0 spiro atoms. The van der Waals surface area contributed by atoms with Gasteiger partial charge in [-0.25, -0.2) is 4.98 Å². The van der Waals surface area contributed by atoms with Crippen LogP contribution < -0.4 is 10.5 Å². The lowest BCUT2D eigenvalue weighted by Crippen LogP contribution is -2.16. The minimum atomic E-state index is 0.0289. The molecule has 0 bridgehead atoms. The van der Waals surface area contributed by atoms with E-state index in [0.29, 0.717) is 11.3 Å². The van der Waals surface area contributed by atoms with Gasteiger partial charge in [-0.1, -0.05) is 18.2 Å². The standard InChI is InChI=1S/C23H23N3OS/c1-14(2)27-21-10-7-15(11-16(21)12-24)23-26-13-22(28-23)19-6-4-3-5-18-17(19)8-9-20(18)25/h3-5,7,10-11,13-14,20H,6,8-9,25H2,1-2H3. The fraction of sp³-hybridized carbons (Fsp3) is 0.304. The predicted octanol–water partition coefficient (Wildman–Crippen LogP) is 5.23. The zero-order valence-electron chi connectivity index (χ0n) is 16.1. The van der Waals surface area contributed by atoms with Gasteiger partial charge >= 0.3 is 0 Å². The average Bonchev–Trinajstić information content (AvgIpc) is 3.24. The van der Waals surface area contributed by atoms with Gasteiger partial charge in [0.05, 0.1) is 16.5 Å². The van der Waals surface area contributed by atoms with Crippen molar-refractivity contribution >= 4 is 16.9 Å². The first-order chi connectivity index (χ1) is 13.6. The van der Waals surface area contributed by atoms with E-state index in [1.54, 1.807) is 11.3 Å². The number of nitriles is 1. The van der Waals surface area contributed by atoms with Crippen molar-refractivity contribution in [1.29, 1.82) is 5.26 Å². The van der Waals surface area contributed by atoms with Crippen LogP contribution in [0.1, 0.15) is 43.6 Å². The summed E-state index contributed by atoms with van der Waals surface area (Å²) in [7, 11) is 0. The topological polar surface area (TPSA) is 71.9 Å². The molecule has 2 aromatic rings. The third-order valence-corrected chi connectivity index (χ3v) is 6.17. The van der Waals surface area contributed by atoms with Gasteiger partial charge < -0.3 is 10.5 Å². The molecule has 2 aliphatic rings. The Morgan fingerprint density at radius 3 is 2.96 bits per heavy atom. The molecule has 4 rings (SSSR count). The highest BCUT2D eigenvalue weighted by Gasteiger charge is 2.26. The number of benzene rings is 1. The SMILES string of the molecule is CC(C)Oc1ccc(-c2ncc(C3=C4CCC(N)C4=CC=CC3)s2)cc1C#N. The van der Waals surface area contributed by atoms with Crippen molar-refractivity contribution in [3.05, 3.63) is 64.2 Å². The van der Waals surface area contributed by atoms with Crippen LogP contribution in [0.25, 0.3) is 16.1 Å². The van der Waals surface area contributed by atoms with Crippen LogP contribution in [0.4, 0.5) is 0 Å². The third-order valence-electron chi connectivity index (χ3n) is 5.06. The molecule has 1 aromatic heterocycles. The van der Waals surface area contributed by atoms with Crippen LogP contribution >= 0.6 is 11.3 Å². The number of ether oxygens (including phenoxy) is 1. The second kappa shape index (κ2) is 7.75. The highest BCUT2D eigenvalue weighted by Crippen LogP contribution is 2.41. The van der Waals surface area contributed by atoms with E-state index < -0.39 is 0 Å². The fourth-order valence-electron chi connectivity index (χ4n) is 3.76. The molecule has 1 atom stereocenters. The molecule has 0 amide bonds. The molecule has 1 fully saturated rings. The van der Waals surface area contributed by atoms with Gasteiger partial charge in [0.1, 0.15) is 16.8 Å².